The third kappa shape index (κ3) is 4.82. The maximum absolute atomic E-state index is 11.1. The van der Waals surface area contributed by atoms with Crippen LogP contribution in [-0.4, -0.2) is 17.4 Å². The lowest BCUT2D eigenvalue weighted by molar-refractivity contribution is 0.1000. The molecule has 0 saturated heterocycles. The third-order valence-corrected chi connectivity index (χ3v) is 4.95. The number of hydrogen-bond acceptors (Lipinski definition) is 4. The van der Waals surface area contributed by atoms with Crippen LogP contribution in [0.4, 0.5) is 0 Å². The summed E-state index contributed by atoms with van der Waals surface area (Å²) in [5.41, 5.74) is 8.11. The van der Waals surface area contributed by atoms with Gasteiger partial charge in [-0.05, 0) is 53.1 Å². The molecule has 5 nitrogen and oxygen atoms in total. The second-order valence-electron chi connectivity index (χ2n) is 7.06. The van der Waals surface area contributed by atoms with Crippen LogP contribution in [-0.2, 0) is 13.0 Å². The molecular weight excluding hydrogens is 374 g/mol. The van der Waals surface area contributed by atoms with E-state index in [1.54, 1.807) is 12.1 Å². The summed E-state index contributed by atoms with van der Waals surface area (Å²) >= 11 is 0. The summed E-state index contributed by atoms with van der Waals surface area (Å²) in [5, 5.41) is 6.10. The zero-order valence-corrected chi connectivity index (χ0v) is 16.5. The third-order valence-electron chi connectivity index (χ3n) is 4.95. The smallest absolute Gasteiger partial charge is 0.250 e. The molecule has 3 N–H and O–H groups in total. The topological polar surface area (TPSA) is 77.2 Å². The Kier molecular flexibility index (Phi) is 6.01. The van der Waals surface area contributed by atoms with Gasteiger partial charge >= 0.3 is 0 Å². The molecule has 0 radical (unpaired) electrons. The van der Waals surface area contributed by atoms with E-state index in [1.807, 2.05) is 24.3 Å². The van der Waals surface area contributed by atoms with Crippen molar-refractivity contribution in [2.75, 3.05) is 6.54 Å². The number of nitrogens with zero attached hydrogens (tertiary/aromatic N) is 1. The first-order valence-electron chi connectivity index (χ1n) is 9.89. The lowest BCUT2D eigenvalue weighted by atomic mass is 10.0. The molecule has 30 heavy (non-hydrogen) atoms. The van der Waals surface area contributed by atoms with Crippen LogP contribution < -0.4 is 15.8 Å². The average Bonchev–Trinajstić information content (AvgIpc) is 2.78. The van der Waals surface area contributed by atoms with E-state index >= 15 is 0 Å². The van der Waals surface area contributed by atoms with Crippen LogP contribution >= 0.6 is 0 Å². The van der Waals surface area contributed by atoms with Crippen molar-refractivity contribution in [1.82, 2.24) is 10.3 Å². The Morgan fingerprint density at radius 3 is 2.50 bits per heavy atom. The Hall–Kier alpha value is -3.70. The van der Waals surface area contributed by atoms with Crippen molar-refractivity contribution in [3.05, 3.63) is 102 Å². The Balaban J connectivity index is 1.28. The van der Waals surface area contributed by atoms with Crippen LogP contribution in [0.25, 0.3) is 10.8 Å². The lowest BCUT2D eigenvalue weighted by Gasteiger charge is -2.09. The van der Waals surface area contributed by atoms with Crippen LogP contribution in [0.1, 0.15) is 21.5 Å². The normalized spacial score (nSPS) is 10.8. The molecule has 0 aliphatic carbocycles. The highest BCUT2D eigenvalue weighted by Crippen LogP contribution is 2.20. The van der Waals surface area contributed by atoms with E-state index in [1.165, 1.54) is 28.1 Å². The summed E-state index contributed by atoms with van der Waals surface area (Å²) in [7, 11) is 0. The van der Waals surface area contributed by atoms with Gasteiger partial charge in [0.05, 0.1) is 5.56 Å². The summed E-state index contributed by atoms with van der Waals surface area (Å²) in [6.45, 7) is 1.73. The van der Waals surface area contributed by atoms with Crippen molar-refractivity contribution in [2.24, 2.45) is 5.73 Å². The maximum atomic E-state index is 11.1. The molecule has 150 valence electrons. The fourth-order valence-corrected chi connectivity index (χ4v) is 3.33. The molecule has 1 aromatic heterocycles. The van der Waals surface area contributed by atoms with Crippen molar-refractivity contribution in [2.45, 2.75) is 13.0 Å². The van der Waals surface area contributed by atoms with E-state index < -0.39 is 5.91 Å². The van der Waals surface area contributed by atoms with Gasteiger partial charge in [0, 0.05) is 18.8 Å². The summed E-state index contributed by atoms with van der Waals surface area (Å²) in [6, 6.07) is 26.0. The first-order valence-corrected chi connectivity index (χ1v) is 9.89. The molecule has 0 aliphatic heterocycles. The van der Waals surface area contributed by atoms with E-state index in [4.69, 9.17) is 10.5 Å². The van der Waals surface area contributed by atoms with E-state index in [-0.39, 0.29) is 0 Å². The zero-order valence-electron chi connectivity index (χ0n) is 16.5. The number of nitrogens with two attached hydrogens (primary N) is 1. The van der Waals surface area contributed by atoms with Gasteiger partial charge in [-0.15, -0.1) is 0 Å². The van der Waals surface area contributed by atoms with Gasteiger partial charge in [-0.25, -0.2) is 4.98 Å². The lowest BCUT2D eigenvalue weighted by Crippen LogP contribution is -2.16. The number of fused-ring (bicyclic) bond motifs is 1. The first-order chi connectivity index (χ1) is 14.7. The summed E-state index contributed by atoms with van der Waals surface area (Å²) in [6.07, 6.45) is 2.34. The monoisotopic (exact) mass is 397 g/mol. The predicted octanol–water partition coefficient (Wildman–Crippen LogP) is 4.46. The standard InChI is InChI=1S/C25H23N3O2/c26-25(29)21-10-13-24(28-17-21)30-22-11-8-18(9-12-22)14-15-27-16-20-6-3-5-19-4-1-2-7-23(19)20/h1-13,17,27H,14-16H2,(H2,26,29). The molecule has 0 unspecified atom stereocenters. The minimum atomic E-state index is -0.507. The fourth-order valence-electron chi connectivity index (χ4n) is 3.33. The number of benzene rings is 3. The number of hydrogen-bond donors (Lipinski definition) is 2. The van der Waals surface area contributed by atoms with Crippen molar-refractivity contribution >= 4 is 16.7 Å². The Labute approximate surface area is 175 Å². The van der Waals surface area contributed by atoms with Gasteiger partial charge in [-0.3, -0.25) is 4.79 Å². The fraction of sp³-hybridized carbons (Fsp3) is 0.120. The van der Waals surface area contributed by atoms with Crippen molar-refractivity contribution in [1.29, 1.82) is 0 Å². The molecule has 4 rings (SSSR count). The van der Waals surface area contributed by atoms with Gasteiger partial charge in [-0.1, -0.05) is 54.6 Å². The average molecular weight is 397 g/mol. The molecule has 4 aromatic rings. The van der Waals surface area contributed by atoms with Gasteiger partial charge in [0.15, 0.2) is 0 Å². The number of nitrogens with one attached hydrogen (secondary N) is 1. The molecule has 0 atom stereocenters. The maximum Gasteiger partial charge on any atom is 0.250 e. The Bertz CT molecular complexity index is 1130. The van der Waals surface area contributed by atoms with E-state index in [9.17, 15) is 4.79 Å². The summed E-state index contributed by atoms with van der Waals surface area (Å²) < 4.78 is 5.71. The first kappa shape index (κ1) is 19.6. The van der Waals surface area contributed by atoms with E-state index in [0.29, 0.717) is 17.2 Å². The van der Waals surface area contributed by atoms with Crippen LogP contribution in [0, 0.1) is 0 Å². The van der Waals surface area contributed by atoms with Gasteiger partial charge < -0.3 is 15.8 Å². The van der Waals surface area contributed by atoms with Crippen LogP contribution in [0.2, 0.25) is 0 Å². The highest BCUT2D eigenvalue weighted by molar-refractivity contribution is 5.92. The molecule has 0 bridgehead atoms. The van der Waals surface area contributed by atoms with Crippen LogP contribution in [0.15, 0.2) is 85.1 Å². The molecule has 0 saturated carbocycles. The van der Waals surface area contributed by atoms with Crippen molar-refractivity contribution in [3.8, 4) is 11.6 Å². The summed E-state index contributed by atoms with van der Waals surface area (Å²) in [4.78, 5) is 15.2. The van der Waals surface area contributed by atoms with Gasteiger partial charge in [0.2, 0.25) is 11.8 Å². The van der Waals surface area contributed by atoms with Crippen LogP contribution in [0.5, 0.6) is 11.6 Å². The molecule has 1 amide bonds. The largest absolute Gasteiger partial charge is 0.439 e. The van der Waals surface area contributed by atoms with Crippen LogP contribution in [0.3, 0.4) is 0 Å². The molecular formula is C25H23N3O2. The van der Waals surface area contributed by atoms with E-state index in [2.05, 4.69) is 52.8 Å². The van der Waals surface area contributed by atoms with E-state index in [0.717, 1.165) is 19.5 Å². The number of carbonyl (C=O) groups is 1. The van der Waals surface area contributed by atoms with Gasteiger partial charge in [0.25, 0.3) is 0 Å². The highest BCUT2D eigenvalue weighted by Gasteiger charge is 2.04. The summed E-state index contributed by atoms with van der Waals surface area (Å²) in [5.74, 6) is 0.610. The number of aromatic nitrogens is 1. The molecule has 3 aromatic carbocycles. The van der Waals surface area contributed by atoms with Crippen molar-refractivity contribution in [3.63, 3.8) is 0 Å². The Morgan fingerprint density at radius 2 is 1.73 bits per heavy atom. The van der Waals surface area contributed by atoms with Crippen molar-refractivity contribution < 1.29 is 9.53 Å². The molecule has 0 aliphatic rings. The number of ether oxygens (including phenoxy) is 1. The SMILES string of the molecule is NC(=O)c1ccc(Oc2ccc(CCNCc3cccc4ccccc34)cc2)nc1. The van der Waals surface area contributed by atoms with Gasteiger partial charge in [0.1, 0.15) is 5.75 Å². The number of primary amides is 1. The molecule has 0 spiro atoms. The molecule has 5 heteroatoms. The quantitative estimate of drug-likeness (QED) is 0.431. The second kappa shape index (κ2) is 9.20. The predicted molar refractivity (Wildman–Crippen MR) is 119 cm³/mol. The second-order valence-corrected chi connectivity index (χ2v) is 7.06. The zero-order chi connectivity index (χ0) is 20.8. The Morgan fingerprint density at radius 1 is 0.933 bits per heavy atom. The van der Waals surface area contributed by atoms with Gasteiger partial charge in [-0.2, -0.15) is 0 Å². The molecule has 0 fully saturated rings. The number of rotatable bonds is 8. The highest BCUT2D eigenvalue weighted by atomic mass is 16.5. The number of carbonyl (C=O) groups excluding carboxylic acids is 1. The molecule has 1 heterocycles. The minimum absolute atomic E-state index is 0.355. The number of amides is 1. The minimum Gasteiger partial charge on any atom is -0.439 e. The number of pyridine rings is 1.